The molecular weight excluding hydrogens is 302 g/mol. The number of anilines is 1. The van der Waals surface area contributed by atoms with Crippen LogP contribution in [0, 0.1) is 0 Å². The average Bonchev–Trinajstić information content (AvgIpc) is 3.13. The van der Waals surface area contributed by atoms with Crippen LogP contribution in [-0.2, 0) is 21.2 Å². The van der Waals surface area contributed by atoms with E-state index in [2.05, 4.69) is 0 Å². The fourth-order valence-electron chi connectivity index (χ4n) is 3.36. The Balaban J connectivity index is 1.95. The smallest absolute Gasteiger partial charge is 0.243 e. The van der Waals surface area contributed by atoms with E-state index in [-0.39, 0.29) is 11.9 Å². The second-order valence-electron chi connectivity index (χ2n) is 5.86. The van der Waals surface area contributed by atoms with Crippen molar-refractivity contribution >= 4 is 21.6 Å². The van der Waals surface area contributed by atoms with E-state index in [0.29, 0.717) is 31.0 Å². The number of rotatable bonds is 3. The van der Waals surface area contributed by atoms with Gasteiger partial charge in [-0.2, -0.15) is 4.31 Å². The third kappa shape index (κ3) is 2.43. The molecule has 2 aliphatic rings. The Labute approximate surface area is 130 Å². The molecule has 0 spiro atoms. The summed E-state index contributed by atoms with van der Waals surface area (Å²) in [4.78, 5) is 13.6. The molecule has 0 radical (unpaired) electrons. The second-order valence-corrected chi connectivity index (χ2v) is 7.75. The second kappa shape index (κ2) is 5.64. The Morgan fingerprint density at radius 1 is 1.36 bits per heavy atom. The zero-order valence-electron chi connectivity index (χ0n) is 12.7. The molecule has 1 fully saturated rings. The third-order valence-corrected chi connectivity index (χ3v) is 6.48. The molecule has 2 aliphatic heterocycles. The molecule has 0 aliphatic carbocycles. The molecule has 1 aromatic carbocycles. The van der Waals surface area contributed by atoms with Crippen molar-refractivity contribution in [3.05, 3.63) is 23.8 Å². The number of hydrogen-bond acceptors (Lipinski definition) is 4. The highest BCUT2D eigenvalue weighted by Crippen LogP contribution is 2.32. The number of sulfonamides is 1. The number of nitrogens with zero attached hydrogens (tertiary/aromatic N) is 2. The van der Waals surface area contributed by atoms with Crippen LogP contribution >= 0.6 is 0 Å². The van der Waals surface area contributed by atoms with Gasteiger partial charge in [0.05, 0.1) is 4.90 Å². The van der Waals surface area contributed by atoms with Crippen LogP contribution in [0.3, 0.4) is 0 Å². The van der Waals surface area contributed by atoms with Crippen molar-refractivity contribution in [2.24, 2.45) is 5.73 Å². The van der Waals surface area contributed by atoms with Crippen molar-refractivity contribution < 1.29 is 13.2 Å². The Hall–Kier alpha value is -1.44. The highest BCUT2D eigenvalue weighted by molar-refractivity contribution is 7.89. The summed E-state index contributed by atoms with van der Waals surface area (Å²) in [7, 11) is -3.51. The van der Waals surface area contributed by atoms with Gasteiger partial charge in [-0.3, -0.25) is 4.79 Å². The standard InChI is InChI=1S/C15H21N3O3S/c1-11(19)17-8-6-12-9-14(4-5-15(12)17)22(20,21)18-7-2-3-13(18)10-16/h4-5,9,13H,2-3,6-8,10,16H2,1H3. The predicted molar refractivity (Wildman–Crippen MR) is 84.1 cm³/mol. The monoisotopic (exact) mass is 323 g/mol. The van der Waals surface area contributed by atoms with Gasteiger partial charge in [-0.05, 0) is 43.0 Å². The number of benzene rings is 1. The topological polar surface area (TPSA) is 83.7 Å². The molecule has 1 unspecified atom stereocenters. The van der Waals surface area contributed by atoms with Crippen LogP contribution in [0.25, 0.3) is 0 Å². The molecule has 0 aromatic heterocycles. The minimum absolute atomic E-state index is 0.0166. The summed E-state index contributed by atoms with van der Waals surface area (Å²) >= 11 is 0. The van der Waals surface area contributed by atoms with Crippen LogP contribution in [0.4, 0.5) is 5.69 Å². The number of carbonyl (C=O) groups excluding carboxylic acids is 1. The summed E-state index contributed by atoms with van der Waals surface area (Å²) in [6.45, 7) is 3.02. The lowest BCUT2D eigenvalue weighted by atomic mass is 10.2. The molecule has 6 nitrogen and oxygen atoms in total. The van der Waals surface area contributed by atoms with Crippen LogP contribution in [0.2, 0.25) is 0 Å². The number of fused-ring (bicyclic) bond motifs is 1. The van der Waals surface area contributed by atoms with Crippen molar-refractivity contribution in [2.75, 3.05) is 24.5 Å². The van der Waals surface area contributed by atoms with Crippen molar-refractivity contribution in [1.29, 1.82) is 0 Å². The van der Waals surface area contributed by atoms with Crippen LogP contribution in [0.1, 0.15) is 25.3 Å². The number of amides is 1. The minimum atomic E-state index is -3.51. The van der Waals surface area contributed by atoms with Crippen LogP contribution in [0.5, 0.6) is 0 Å². The number of hydrogen-bond donors (Lipinski definition) is 1. The van der Waals surface area contributed by atoms with E-state index in [1.165, 1.54) is 11.2 Å². The molecule has 0 saturated carbocycles. The van der Waals surface area contributed by atoms with Crippen LogP contribution in [-0.4, -0.2) is 44.3 Å². The fourth-order valence-corrected chi connectivity index (χ4v) is 5.12. The first-order valence-corrected chi connectivity index (χ1v) is 9.02. The summed E-state index contributed by atoms with van der Waals surface area (Å²) < 4.78 is 27.1. The van der Waals surface area contributed by atoms with Gasteiger partial charge in [-0.15, -0.1) is 0 Å². The molecule has 1 saturated heterocycles. The quantitative estimate of drug-likeness (QED) is 0.888. The van der Waals surface area contributed by atoms with E-state index in [0.717, 1.165) is 24.1 Å². The zero-order valence-corrected chi connectivity index (χ0v) is 13.5. The third-order valence-electron chi connectivity index (χ3n) is 4.53. The molecule has 22 heavy (non-hydrogen) atoms. The molecule has 1 aromatic rings. The SMILES string of the molecule is CC(=O)N1CCc2cc(S(=O)(=O)N3CCCC3CN)ccc21. The average molecular weight is 323 g/mol. The molecule has 0 bridgehead atoms. The molecule has 2 heterocycles. The van der Waals surface area contributed by atoms with Crippen LogP contribution < -0.4 is 10.6 Å². The van der Waals surface area contributed by atoms with Crippen molar-refractivity contribution in [1.82, 2.24) is 4.31 Å². The van der Waals surface area contributed by atoms with Crippen molar-refractivity contribution in [2.45, 2.75) is 37.1 Å². The Morgan fingerprint density at radius 2 is 2.14 bits per heavy atom. The van der Waals surface area contributed by atoms with Gasteiger partial charge < -0.3 is 10.6 Å². The molecular formula is C15H21N3O3S. The van der Waals surface area contributed by atoms with Gasteiger partial charge in [0.25, 0.3) is 0 Å². The lowest BCUT2D eigenvalue weighted by molar-refractivity contribution is -0.116. The first-order chi connectivity index (χ1) is 10.4. The molecule has 3 rings (SSSR count). The lowest BCUT2D eigenvalue weighted by Gasteiger charge is -2.23. The highest BCUT2D eigenvalue weighted by Gasteiger charge is 2.35. The van der Waals surface area contributed by atoms with E-state index in [1.807, 2.05) is 0 Å². The van der Waals surface area contributed by atoms with Gasteiger partial charge in [0.15, 0.2) is 0 Å². The maximum absolute atomic E-state index is 12.8. The Kier molecular flexibility index (Phi) is 3.96. The van der Waals surface area contributed by atoms with E-state index >= 15 is 0 Å². The highest BCUT2D eigenvalue weighted by atomic mass is 32.2. The molecule has 7 heteroatoms. The van der Waals surface area contributed by atoms with Gasteiger partial charge >= 0.3 is 0 Å². The van der Waals surface area contributed by atoms with E-state index in [9.17, 15) is 13.2 Å². The number of carbonyl (C=O) groups is 1. The molecule has 1 amide bonds. The van der Waals surface area contributed by atoms with Crippen molar-refractivity contribution in [3.8, 4) is 0 Å². The normalized spacial score (nSPS) is 22.1. The maximum atomic E-state index is 12.8. The summed E-state index contributed by atoms with van der Waals surface area (Å²) in [5.41, 5.74) is 7.43. The van der Waals surface area contributed by atoms with Crippen LogP contribution in [0.15, 0.2) is 23.1 Å². The van der Waals surface area contributed by atoms with E-state index in [4.69, 9.17) is 5.73 Å². The van der Waals surface area contributed by atoms with E-state index < -0.39 is 10.0 Å². The fraction of sp³-hybridized carbons (Fsp3) is 0.533. The first-order valence-electron chi connectivity index (χ1n) is 7.58. The summed E-state index contributed by atoms with van der Waals surface area (Å²) in [6.07, 6.45) is 2.36. The summed E-state index contributed by atoms with van der Waals surface area (Å²) in [5, 5.41) is 0. The summed E-state index contributed by atoms with van der Waals surface area (Å²) in [5.74, 6) is -0.0166. The zero-order chi connectivity index (χ0) is 15.9. The maximum Gasteiger partial charge on any atom is 0.243 e. The van der Waals surface area contributed by atoms with Gasteiger partial charge in [-0.25, -0.2) is 8.42 Å². The largest absolute Gasteiger partial charge is 0.329 e. The van der Waals surface area contributed by atoms with Crippen molar-refractivity contribution in [3.63, 3.8) is 0 Å². The first kappa shape index (κ1) is 15.5. The minimum Gasteiger partial charge on any atom is -0.329 e. The Morgan fingerprint density at radius 3 is 2.82 bits per heavy atom. The lowest BCUT2D eigenvalue weighted by Crippen LogP contribution is -2.39. The Bertz CT molecular complexity index is 702. The van der Waals surface area contributed by atoms with E-state index in [1.54, 1.807) is 23.1 Å². The van der Waals surface area contributed by atoms with Gasteiger partial charge in [0.2, 0.25) is 15.9 Å². The van der Waals surface area contributed by atoms with Gasteiger partial charge in [0, 0.05) is 38.3 Å². The predicted octanol–water partition coefficient (Wildman–Crippen LogP) is 0.707. The van der Waals surface area contributed by atoms with Gasteiger partial charge in [0.1, 0.15) is 0 Å². The number of nitrogens with two attached hydrogens (primary N) is 1. The summed E-state index contributed by atoms with van der Waals surface area (Å²) in [6, 6.07) is 4.94. The molecule has 120 valence electrons. The molecule has 2 N–H and O–H groups in total. The van der Waals surface area contributed by atoms with Gasteiger partial charge in [-0.1, -0.05) is 0 Å². The molecule has 1 atom stereocenters.